The van der Waals surface area contributed by atoms with Gasteiger partial charge in [0.05, 0.1) is 17.5 Å². The van der Waals surface area contributed by atoms with Crippen molar-refractivity contribution in [1.82, 2.24) is 9.88 Å². The first-order chi connectivity index (χ1) is 15.0. The van der Waals surface area contributed by atoms with Crippen molar-refractivity contribution in [3.63, 3.8) is 0 Å². The summed E-state index contributed by atoms with van der Waals surface area (Å²) in [6.45, 7) is 4.98. The summed E-state index contributed by atoms with van der Waals surface area (Å²) in [6.07, 6.45) is 0. The number of hydrogen-bond donors (Lipinski definition) is 0. The Kier molecular flexibility index (Phi) is 5.20. The van der Waals surface area contributed by atoms with E-state index in [2.05, 4.69) is 28.9 Å². The maximum Gasteiger partial charge on any atom is 0.264 e. The van der Waals surface area contributed by atoms with Gasteiger partial charge in [-0.25, -0.2) is 4.98 Å². The first-order valence-corrected chi connectivity index (χ1v) is 11.4. The molecule has 4 aromatic rings. The molecule has 0 N–H and O–H groups in total. The lowest BCUT2D eigenvalue weighted by molar-refractivity contribution is 0.0751. The van der Waals surface area contributed by atoms with Crippen LogP contribution in [0.2, 0.25) is 5.15 Å². The first-order valence-electron chi connectivity index (χ1n) is 10.2. The molecule has 1 aliphatic rings. The molecule has 1 aliphatic heterocycles. The topological polar surface area (TPSA) is 45.7 Å². The number of nitrogens with zero attached hydrogens (tertiary/aromatic N) is 3. The molecule has 3 heterocycles. The molecule has 158 valence electrons. The Balaban J connectivity index is 1.39. The number of aryl methyl sites for hydroxylation is 1. The van der Waals surface area contributed by atoms with Gasteiger partial charge in [-0.05, 0) is 37.3 Å². The van der Waals surface area contributed by atoms with Crippen molar-refractivity contribution in [2.75, 3.05) is 38.2 Å². The van der Waals surface area contributed by atoms with Crippen molar-refractivity contribution >= 4 is 55.5 Å². The van der Waals surface area contributed by atoms with Crippen molar-refractivity contribution in [3.05, 3.63) is 64.1 Å². The van der Waals surface area contributed by atoms with Gasteiger partial charge in [-0.2, -0.15) is 0 Å². The van der Waals surface area contributed by atoms with Crippen molar-refractivity contribution in [1.29, 1.82) is 0 Å². The second kappa shape index (κ2) is 8.02. The van der Waals surface area contributed by atoms with E-state index in [0.717, 1.165) is 51.1 Å². The van der Waals surface area contributed by atoms with E-state index >= 15 is 0 Å². The third-order valence-corrected chi connectivity index (χ3v) is 7.21. The van der Waals surface area contributed by atoms with E-state index in [1.54, 1.807) is 7.11 Å². The van der Waals surface area contributed by atoms with E-state index in [1.807, 2.05) is 41.3 Å². The fourth-order valence-electron chi connectivity index (χ4n) is 4.08. The number of aromatic nitrogens is 1. The van der Waals surface area contributed by atoms with Crippen molar-refractivity contribution in [3.8, 4) is 5.75 Å². The number of carbonyl (C=O) groups is 1. The molecule has 0 radical (unpaired) electrons. The Morgan fingerprint density at radius 3 is 2.65 bits per heavy atom. The third-order valence-electron chi connectivity index (χ3n) is 5.77. The number of hydrogen-bond acceptors (Lipinski definition) is 5. The maximum absolute atomic E-state index is 13.3. The van der Waals surface area contributed by atoms with Crippen LogP contribution in [0, 0.1) is 6.92 Å². The summed E-state index contributed by atoms with van der Waals surface area (Å²) in [6, 6.07) is 16.1. The fraction of sp³-hybridized carbons (Fsp3) is 0.250. The number of amides is 1. The number of ether oxygens (including phenoxy) is 1. The van der Waals surface area contributed by atoms with Gasteiger partial charge >= 0.3 is 0 Å². The summed E-state index contributed by atoms with van der Waals surface area (Å²) >= 11 is 7.95. The van der Waals surface area contributed by atoms with Crippen LogP contribution in [0.4, 0.5) is 5.69 Å². The van der Waals surface area contributed by atoms with Crippen LogP contribution in [0.15, 0.2) is 48.5 Å². The molecule has 1 amide bonds. The normalized spacial score (nSPS) is 14.4. The van der Waals surface area contributed by atoms with Gasteiger partial charge in [0.25, 0.3) is 5.91 Å². The molecular weight excluding hydrogens is 430 g/mol. The number of carbonyl (C=O) groups excluding carboxylic acids is 1. The first kappa shape index (κ1) is 20.1. The van der Waals surface area contributed by atoms with Crippen LogP contribution in [0.3, 0.4) is 0 Å². The summed E-state index contributed by atoms with van der Waals surface area (Å²) < 4.78 is 6.36. The van der Waals surface area contributed by atoms with Gasteiger partial charge in [-0.3, -0.25) is 4.79 Å². The van der Waals surface area contributed by atoms with Gasteiger partial charge in [-0.1, -0.05) is 29.3 Å². The fourth-order valence-corrected chi connectivity index (χ4v) is 5.52. The summed E-state index contributed by atoms with van der Waals surface area (Å²) in [7, 11) is 1.67. The van der Waals surface area contributed by atoms with E-state index in [0.29, 0.717) is 23.1 Å². The summed E-state index contributed by atoms with van der Waals surface area (Å²) in [5, 5.41) is 2.35. The highest BCUT2D eigenvalue weighted by atomic mass is 35.5. The Hall–Kier alpha value is -2.83. The molecule has 0 saturated carbocycles. The highest BCUT2D eigenvalue weighted by molar-refractivity contribution is 7.21. The van der Waals surface area contributed by atoms with Gasteiger partial charge in [-0.15, -0.1) is 11.3 Å². The molecule has 0 bridgehead atoms. The van der Waals surface area contributed by atoms with Gasteiger partial charge in [0.15, 0.2) is 0 Å². The zero-order valence-electron chi connectivity index (χ0n) is 17.4. The minimum Gasteiger partial charge on any atom is -0.497 e. The molecule has 1 saturated heterocycles. The number of pyridine rings is 1. The lowest BCUT2D eigenvalue weighted by atomic mass is 10.1. The zero-order chi connectivity index (χ0) is 21.5. The summed E-state index contributed by atoms with van der Waals surface area (Å²) in [5.74, 6) is 0.901. The predicted molar refractivity (Wildman–Crippen MR) is 128 cm³/mol. The number of piperazine rings is 1. The van der Waals surface area contributed by atoms with Crippen LogP contribution in [-0.4, -0.2) is 49.1 Å². The largest absolute Gasteiger partial charge is 0.497 e. The standard InChI is InChI=1S/C24H22ClN3O2S/c1-15-6-7-20-18(12-15)22-19(23(25)26-20)14-21(31-22)24(29)28-10-8-27(9-11-28)16-4-3-5-17(13-16)30-2/h3-7,12-14H,8-11H2,1-2H3. The number of thiophene rings is 1. The van der Waals surface area contributed by atoms with E-state index < -0.39 is 0 Å². The van der Waals surface area contributed by atoms with Gasteiger partial charge in [0.2, 0.25) is 0 Å². The molecule has 0 aliphatic carbocycles. The van der Waals surface area contributed by atoms with Gasteiger partial charge in [0.1, 0.15) is 10.9 Å². The van der Waals surface area contributed by atoms with E-state index in [1.165, 1.54) is 11.3 Å². The molecular formula is C24H22ClN3O2S. The van der Waals surface area contributed by atoms with Gasteiger partial charge in [0, 0.05) is 53.4 Å². The second-order valence-electron chi connectivity index (χ2n) is 7.76. The predicted octanol–water partition coefficient (Wildman–Crippen LogP) is 5.38. The van der Waals surface area contributed by atoms with Crippen LogP contribution >= 0.6 is 22.9 Å². The Morgan fingerprint density at radius 1 is 1.06 bits per heavy atom. The average Bonchev–Trinajstić information content (AvgIpc) is 3.26. The molecule has 7 heteroatoms. The van der Waals surface area contributed by atoms with Crippen LogP contribution in [-0.2, 0) is 0 Å². The molecule has 5 nitrogen and oxygen atoms in total. The number of halogens is 1. The van der Waals surface area contributed by atoms with Crippen molar-refractivity contribution < 1.29 is 9.53 Å². The zero-order valence-corrected chi connectivity index (χ0v) is 19.0. The van der Waals surface area contributed by atoms with Crippen LogP contribution < -0.4 is 9.64 Å². The minimum atomic E-state index is 0.0587. The Bertz CT molecular complexity index is 1290. The number of rotatable bonds is 3. The highest BCUT2D eigenvalue weighted by Gasteiger charge is 2.25. The lowest BCUT2D eigenvalue weighted by Crippen LogP contribution is -2.48. The third kappa shape index (κ3) is 3.70. The molecule has 0 unspecified atom stereocenters. The smallest absolute Gasteiger partial charge is 0.264 e. The molecule has 0 spiro atoms. The van der Waals surface area contributed by atoms with E-state index in [9.17, 15) is 4.79 Å². The number of benzene rings is 2. The minimum absolute atomic E-state index is 0.0587. The van der Waals surface area contributed by atoms with E-state index in [-0.39, 0.29) is 5.91 Å². The monoisotopic (exact) mass is 451 g/mol. The molecule has 0 atom stereocenters. The molecule has 5 rings (SSSR count). The van der Waals surface area contributed by atoms with Crippen LogP contribution in [0.1, 0.15) is 15.2 Å². The molecule has 2 aromatic carbocycles. The molecule has 1 fully saturated rings. The maximum atomic E-state index is 13.3. The van der Waals surface area contributed by atoms with Gasteiger partial charge < -0.3 is 14.5 Å². The average molecular weight is 452 g/mol. The van der Waals surface area contributed by atoms with Crippen LogP contribution in [0.5, 0.6) is 5.75 Å². The Morgan fingerprint density at radius 2 is 1.87 bits per heavy atom. The number of anilines is 1. The quantitative estimate of drug-likeness (QED) is 0.392. The van der Waals surface area contributed by atoms with E-state index in [4.69, 9.17) is 16.3 Å². The summed E-state index contributed by atoms with van der Waals surface area (Å²) in [4.78, 5) is 22.7. The molecule has 2 aromatic heterocycles. The molecule has 31 heavy (non-hydrogen) atoms. The highest BCUT2D eigenvalue weighted by Crippen LogP contribution is 2.36. The SMILES string of the molecule is COc1cccc(N2CCN(C(=O)c3cc4c(Cl)nc5ccc(C)cc5c4s3)CC2)c1. The Labute approximate surface area is 189 Å². The van der Waals surface area contributed by atoms with Crippen molar-refractivity contribution in [2.24, 2.45) is 0 Å². The second-order valence-corrected chi connectivity index (χ2v) is 9.17. The van der Waals surface area contributed by atoms with Crippen LogP contribution in [0.25, 0.3) is 21.0 Å². The summed E-state index contributed by atoms with van der Waals surface area (Å²) in [5.41, 5.74) is 3.14. The van der Waals surface area contributed by atoms with Crippen molar-refractivity contribution in [2.45, 2.75) is 6.92 Å². The lowest BCUT2D eigenvalue weighted by Gasteiger charge is -2.36. The number of fused-ring (bicyclic) bond motifs is 3. The number of methoxy groups -OCH3 is 1.